The number of rotatable bonds is 4. The monoisotopic (exact) mass is 365 g/mol. The Hall–Kier alpha value is -1.86. The number of benzene rings is 1. The standard InChI is InChI=1S/C18H20ClNO5/c1-10-12(8-15(25-10)11-4-2-3-5-13(11)19)18(23)20-14-6-7-24-16(9-21)17(14)22/h2-5,8,14,16-17,21-22H,6-7,9H2,1H3,(H,20,23)/t14-,16+,17-/m0/s1. The predicted molar refractivity (Wildman–Crippen MR) is 92.6 cm³/mol. The zero-order chi connectivity index (χ0) is 18.0. The lowest BCUT2D eigenvalue weighted by atomic mass is 9.99. The van der Waals surface area contributed by atoms with Crippen molar-refractivity contribution in [1.29, 1.82) is 0 Å². The number of furan rings is 1. The van der Waals surface area contributed by atoms with Crippen LogP contribution in [0.2, 0.25) is 5.02 Å². The van der Waals surface area contributed by atoms with Crippen LogP contribution >= 0.6 is 11.6 Å². The molecule has 0 radical (unpaired) electrons. The van der Waals surface area contributed by atoms with Crippen LogP contribution in [0.5, 0.6) is 0 Å². The van der Waals surface area contributed by atoms with Gasteiger partial charge in [0.05, 0.1) is 23.2 Å². The number of hydrogen-bond donors (Lipinski definition) is 3. The van der Waals surface area contributed by atoms with Gasteiger partial charge in [-0.15, -0.1) is 0 Å². The number of carbonyl (C=O) groups is 1. The van der Waals surface area contributed by atoms with Gasteiger partial charge in [0.25, 0.3) is 5.91 Å². The van der Waals surface area contributed by atoms with Crippen molar-refractivity contribution >= 4 is 17.5 Å². The lowest BCUT2D eigenvalue weighted by Gasteiger charge is -2.34. The van der Waals surface area contributed by atoms with Crippen molar-refractivity contribution < 1.29 is 24.2 Å². The van der Waals surface area contributed by atoms with Gasteiger partial charge in [-0.1, -0.05) is 23.7 Å². The molecule has 1 amide bonds. The minimum absolute atomic E-state index is 0.297. The maximum Gasteiger partial charge on any atom is 0.255 e. The van der Waals surface area contributed by atoms with E-state index in [1.165, 1.54) is 0 Å². The Morgan fingerprint density at radius 2 is 2.16 bits per heavy atom. The summed E-state index contributed by atoms with van der Waals surface area (Å²) >= 11 is 6.18. The van der Waals surface area contributed by atoms with Gasteiger partial charge in [0.1, 0.15) is 23.7 Å². The smallest absolute Gasteiger partial charge is 0.255 e. The van der Waals surface area contributed by atoms with Gasteiger partial charge in [-0.25, -0.2) is 0 Å². The molecular weight excluding hydrogens is 346 g/mol. The summed E-state index contributed by atoms with van der Waals surface area (Å²) in [6.45, 7) is 1.77. The number of aryl methyl sites for hydroxylation is 1. The van der Waals surface area contributed by atoms with E-state index in [2.05, 4.69) is 5.32 Å². The number of aliphatic hydroxyl groups excluding tert-OH is 2. The van der Waals surface area contributed by atoms with E-state index in [-0.39, 0.29) is 12.5 Å². The average molecular weight is 366 g/mol. The Labute approximate surface area is 150 Å². The Kier molecular flexibility index (Phi) is 5.44. The van der Waals surface area contributed by atoms with Crippen LogP contribution in [0.15, 0.2) is 34.7 Å². The predicted octanol–water partition coefficient (Wildman–Crippen LogP) is 2.15. The maximum atomic E-state index is 12.6. The second kappa shape index (κ2) is 7.58. The van der Waals surface area contributed by atoms with Gasteiger partial charge in [-0.05, 0) is 31.5 Å². The Bertz CT molecular complexity index is 760. The molecule has 7 heteroatoms. The lowest BCUT2D eigenvalue weighted by molar-refractivity contribution is -0.107. The first kappa shape index (κ1) is 17.9. The molecule has 3 atom stereocenters. The molecule has 0 aliphatic carbocycles. The number of ether oxygens (including phenoxy) is 1. The molecule has 2 heterocycles. The SMILES string of the molecule is Cc1oc(-c2ccccc2Cl)cc1C(=O)N[C@H]1CCO[C@H](CO)[C@H]1O. The lowest BCUT2D eigenvalue weighted by Crippen LogP contribution is -2.54. The van der Waals surface area contributed by atoms with Crippen LogP contribution in [-0.2, 0) is 4.74 Å². The van der Waals surface area contributed by atoms with Gasteiger partial charge >= 0.3 is 0 Å². The summed E-state index contributed by atoms with van der Waals surface area (Å²) in [6.07, 6.45) is -1.18. The molecule has 1 aliphatic heterocycles. The zero-order valence-corrected chi connectivity index (χ0v) is 14.5. The molecule has 1 aliphatic rings. The third-order valence-corrected chi connectivity index (χ3v) is 4.68. The summed E-state index contributed by atoms with van der Waals surface area (Å²) in [5.41, 5.74) is 1.09. The number of carbonyl (C=O) groups excluding carboxylic acids is 1. The van der Waals surface area contributed by atoms with E-state index in [4.69, 9.17) is 20.8 Å². The van der Waals surface area contributed by atoms with Crippen LogP contribution in [0.3, 0.4) is 0 Å². The quantitative estimate of drug-likeness (QED) is 0.772. The van der Waals surface area contributed by atoms with Crippen LogP contribution in [0.25, 0.3) is 11.3 Å². The number of nitrogens with one attached hydrogen (secondary N) is 1. The number of halogens is 1. The van der Waals surface area contributed by atoms with Crippen LogP contribution in [0.4, 0.5) is 0 Å². The highest BCUT2D eigenvalue weighted by Gasteiger charge is 2.34. The molecule has 1 aromatic heterocycles. The van der Waals surface area contributed by atoms with Crippen molar-refractivity contribution in [3.8, 4) is 11.3 Å². The van der Waals surface area contributed by atoms with Crippen LogP contribution in [0, 0.1) is 6.92 Å². The molecule has 1 aromatic carbocycles. The minimum Gasteiger partial charge on any atom is -0.460 e. The molecule has 6 nitrogen and oxygen atoms in total. The molecule has 0 spiro atoms. The summed E-state index contributed by atoms with van der Waals surface area (Å²) in [4.78, 5) is 12.6. The summed E-state index contributed by atoms with van der Waals surface area (Å²) in [7, 11) is 0. The summed E-state index contributed by atoms with van der Waals surface area (Å²) in [5, 5.41) is 22.7. The topological polar surface area (TPSA) is 91.9 Å². The fourth-order valence-corrected chi connectivity index (χ4v) is 3.17. The first-order chi connectivity index (χ1) is 12.0. The van der Waals surface area contributed by atoms with Gasteiger partial charge in [0.15, 0.2) is 0 Å². The largest absolute Gasteiger partial charge is 0.460 e. The number of amides is 1. The van der Waals surface area contributed by atoms with Gasteiger partial charge in [-0.2, -0.15) is 0 Å². The van der Waals surface area contributed by atoms with Crippen molar-refractivity contribution in [3.63, 3.8) is 0 Å². The summed E-state index contributed by atoms with van der Waals surface area (Å²) < 4.78 is 11.0. The molecule has 2 aromatic rings. The third kappa shape index (κ3) is 3.72. The normalized spacial score (nSPS) is 23.4. The average Bonchev–Trinajstić information content (AvgIpc) is 2.99. The fourth-order valence-electron chi connectivity index (χ4n) is 2.94. The molecule has 3 N–H and O–H groups in total. The molecule has 1 fully saturated rings. The van der Waals surface area contributed by atoms with Crippen LogP contribution in [0.1, 0.15) is 22.5 Å². The van der Waals surface area contributed by atoms with Gasteiger partial charge in [0, 0.05) is 12.2 Å². The van der Waals surface area contributed by atoms with Crippen LogP contribution in [-0.4, -0.2) is 47.6 Å². The van der Waals surface area contributed by atoms with Gasteiger partial charge in [0.2, 0.25) is 0 Å². The molecule has 25 heavy (non-hydrogen) atoms. The molecule has 0 unspecified atom stereocenters. The van der Waals surface area contributed by atoms with E-state index in [1.807, 2.05) is 18.2 Å². The third-order valence-electron chi connectivity index (χ3n) is 4.35. The highest BCUT2D eigenvalue weighted by molar-refractivity contribution is 6.33. The van der Waals surface area contributed by atoms with Crippen molar-refractivity contribution in [2.45, 2.75) is 31.6 Å². The number of hydrogen-bond acceptors (Lipinski definition) is 5. The second-order valence-electron chi connectivity index (χ2n) is 6.01. The molecule has 1 saturated heterocycles. The molecule has 3 rings (SSSR count). The Balaban J connectivity index is 1.78. The van der Waals surface area contributed by atoms with Crippen molar-refractivity contribution in [1.82, 2.24) is 5.32 Å². The highest BCUT2D eigenvalue weighted by atomic mass is 35.5. The summed E-state index contributed by atoms with van der Waals surface area (Å²) in [5.74, 6) is 0.629. The number of aliphatic hydroxyl groups is 2. The maximum absolute atomic E-state index is 12.6. The highest BCUT2D eigenvalue weighted by Crippen LogP contribution is 2.31. The van der Waals surface area contributed by atoms with E-state index in [1.54, 1.807) is 19.1 Å². The molecule has 134 valence electrons. The van der Waals surface area contributed by atoms with Crippen molar-refractivity contribution in [2.75, 3.05) is 13.2 Å². The molecule has 0 saturated carbocycles. The first-order valence-corrected chi connectivity index (χ1v) is 8.45. The van der Waals surface area contributed by atoms with E-state index >= 15 is 0 Å². The molecule has 0 bridgehead atoms. The van der Waals surface area contributed by atoms with Crippen molar-refractivity contribution in [3.05, 3.63) is 46.7 Å². The first-order valence-electron chi connectivity index (χ1n) is 8.08. The van der Waals surface area contributed by atoms with Crippen LogP contribution < -0.4 is 5.32 Å². The Morgan fingerprint density at radius 3 is 2.88 bits per heavy atom. The minimum atomic E-state index is -0.960. The van der Waals surface area contributed by atoms with Gasteiger partial charge in [-0.3, -0.25) is 4.79 Å². The van der Waals surface area contributed by atoms with Gasteiger partial charge < -0.3 is 24.7 Å². The molecular formula is C18H20ClNO5. The van der Waals surface area contributed by atoms with E-state index in [9.17, 15) is 15.0 Å². The summed E-state index contributed by atoms with van der Waals surface area (Å²) in [6, 6.07) is 8.38. The van der Waals surface area contributed by atoms with E-state index in [0.717, 1.165) is 0 Å². The Morgan fingerprint density at radius 1 is 1.40 bits per heavy atom. The van der Waals surface area contributed by atoms with E-state index in [0.29, 0.717) is 40.7 Å². The fraction of sp³-hybridized carbons (Fsp3) is 0.389. The van der Waals surface area contributed by atoms with Crippen molar-refractivity contribution in [2.24, 2.45) is 0 Å². The van der Waals surface area contributed by atoms with E-state index < -0.39 is 18.2 Å². The zero-order valence-electron chi connectivity index (χ0n) is 13.7. The second-order valence-corrected chi connectivity index (χ2v) is 6.42.